The van der Waals surface area contributed by atoms with Crippen molar-refractivity contribution in [2.45, 2.75) is 31.6 Å². The Kier molecular flexibility index (Phi) is 6.10. The number of Topliss-reactive ketones (excluding diaryl/α,β-unsaturated/α-hetero) is 1. The Morgan fingerprint density at radius 2 is 1.80 bits per heavy atom. The number of benzene rings is 1. The average molecular weight is 295 g/mol. The van der Waals surface area contributed by atoms with E-state index in [9.17, 15) is 13.2 Å². The molecule has 5 heteroatoms. The van der Waals surface area contributed by atoms with Crippen LogP contribution in [-0.4, -0.2) is 20.7 Å². The number of hydrogen-bond donors (Lipinski definition) is 1. The molecule has 1 aromatic rings. The summed E-state index contributed by atoms with van der Waals surface area (Å²) in [6.45, 7) is 7.59. The Balaban J connectivity index is 2.94. The molecule has 0 radical (unpaired) electrons. The average Bonchev–Trinajstić information content (AvgIpc) is 2.46. The molecule has 20 heavy (non-hydrogen) atoms. The van der Waals surface area contributed by atoms with E-state index in [1.54, 1.807) is 12.1 Å². The second-order valence-electron chi connectivity index (χ2n) is 4.54. The van der Waals surface area contributed by atoms with Gasteiger partial charge < -0.3 is 0 Å². The second kappa shape index (κ2) is 7.36. The molecule has 0 aliphatic carbocycles. The van der Waals surface area contributed by atoms with Crippen LogP contribution in [0.5, 0.6) is 0 Å². The fourth-order valence-electron chi connectivity index (χ4n) is 1.95. The van der Waals surface area contributed by atoms with Crippen molar-refractivity contribution < 1.29 is 13.2 Å². The van der Waals surface area contributed by atoms with Gasteiger partial charge >= 0.3 is 0 Å². The van der Waals surface area contributed by atoms with Crippen molar-refractivity contribution in [1.29, 1.82) is 0 Å². The maximum atomic E-state index is 12.2. The lowest BCUT2D eigenvalue weighted by Gasteiger charge is -2.11. The largest absolute Gasteiger partial charge is 0.294 e. The Bertz CT molecular complexity index is 557. The van der Waals surface area contributed by atoms with Crippen LogP contribution in [0.3, 0.4) is 0 Å². The topological polar surface area (TPSA) is 63.2 Å². The monoisotopic (exact) mass is 295 g/mol. The fourth-order valence-corrected chi connectivity index (χ4v) is 2.94. The second-order valence-corrected chi connectivity index (χ2v) is 6.31. The van der Waals surface area contributed by atoms with Crippen LogP contribution in [0.1, 0.15) is 37.0 Å². The Labute approximate surface area is 120 Å². The first kappa shape index (κ1) is 16.6. The zero-order valence-electron chi connectivity index (χ0n) is 11.9. The van der Waals surface area contributed by atoms with Crippen LogP contribution in [0.4, 0.5) is 0 Å². The van der Waals surface area contributed by atoms with Gasteiger partial charge in [-0.05, 0) is 25.0 Å². The molecule has 1 N–H and O–H groups in total. The minimum atomic E-state index is -3.53. The summed E-state index contributed by atoms with van der Waals surface area (Å²) in [5, 5.41) is 0. The molecule has 0 spiro atoms. The van der Waals surface area contributed by atoms with Gasteiger partial charge in [-0.15, -0.1) is 6.58 Å². The molecule has 0 fully saturated rings. The fraction of sp³-hybridized carbons (Fsp3) is 0.400. The summed E-state index contributed by atoms with van der Waals surface area (Å²) in [6.07, 6.45) is 3.05. The highest BCUT2D eigenvalue weighted by atomic mass is 32.2. The minimum Gasteiger partial charge on any atom is -0.294 e. The summed E-state index contributed by atoms with van der Waals surface area (Å²) in [6, 6.07) is 6.06. The summed E-state index contributed by atoms with van der Waals surface area (Å²) in [5.41, 5.74) is 0.557. The molecule has 0 bridgehead atoms. The Morgan fingerprint density at radius 1 is 1.25 bits per heavy atom. The van der Waals surface area contributed by atoms with Gasteiger partial charge in [0.25, 0.3) is 0 Å². The molecule has 0 amide bonds. The molecule has 1 rings (SSSR count). The summed E-state index contributed by atoms with van der Waals surface area (Å²) in [7, 11) is -3.53. The molecule has 0 unspecified atom stereocenters. The van der Waals surface area contributed by atoms with E-state index in [2.05, 4.69) is 11.3 Å². The number of rotatable bonds is 8. The highest BCUT2D eigenvalue weighted by molar-refractivity contribution is 7.89. The lowest BCUT2D eigenvalue weighted by atomic mass is 9.93. The molecule has 0 saturated carbocycles. The van der Waals surface area contributed by atoms with E-state index in [-0.39, 0.29) is 23.1 Å². The molecule has 0 aliphatic rings. The van der Waals surface area contributed by atoms with Gasteiger partial charge in [-0.3, -0.25) is 4.79 Å². The number of ketones is 1. The zero-order valence-corrected chi connectivity index (χ0v) is 12.7. The van der Waals surface area contributed by atoms with Crippen molar-refractivity contribution in [1.82, 2.24) is 4.72 Å². The van der Waals surface area contributed by atoms with E-state index in [4.69, 9.17) is 0 Å². The van der Waals surface area contributed by atoms with Crippen LogP contribution >= 0.6 is 0 Å². The van der Waals surface area contributed by atoms with Gasteiger partial charge in [-0.25, -0.2) is 13.1 Å². The van der Waals surface area contributed by atoms with E-state index in [1.165, 1.54) is 18.2 Å². The van der Waals surface area contributed by atoms with E-state index in [0.717, 1.165) is 12.8 Å². The van der Waals surface area contributed by atoms with E-state index in [0.29, 0.717) is 5.56 Å². The Morgan fingerprint density at radius 3 is 2.25 bits per heavy atom. The van der Waals surface area contributed by atoms with Gasteiger partial charge in [0.15, 0.2) is 5.78 Å². The lowest BCUT2D eigenvalue weighted by Crippen LogP contribution is -2.23. The normalized spacial score (nSPS) is 11.6. The summed E-state index contributed by atoms with van der Waals surface area (Å²) in [5.74, 6) is 0.0642. The van der Waals surface area contributed by atoms with Crippen LogP contribution < -0.4 is 4.72 Å². The van der Waals surface area contributed by atoms with Gasteiger partial charge in [-0.2, -0.15) is 0 Å². The number of nitrogens with one attached hydrogen (secondary N) is 1. The lowest BCUT2D eigenvalue weighted by molar-refractivity contribution is 0.0913. The van der Waals surface area contributed by atoms with Gasteiger partial charge in [0.1, 0.15) is 0 Å². The van der Waals surface area contributed by atoms with Crippen molar-refractivity contribution >= 4 is 15.8 Å². The number of hydrogen-bond acceptors (Lipinski definition) is 3. The van der Waals surface area contributed by atoms with Crippen molar-refractivity contribution in [2.24, 2.45) is 5.92 Å². The van der Waals surface area contributed by atoms with Crippen molar-refractivity contribution in [3.63, 3.8) is 0 Å². The summed E-state index contributed by atoms with van der Waals surface area (Å²) in [4.78, 5) is 12.3. The highest BCUT2D eigenvalue weighted by Gasteiger charge is 2.18. The zero-order chi connectivity index (χ0) is 15.2. The SMILES string of the molecule is C=CCNS(=O)(=O)c1ccc(C(=O)C(CC)CC)cc1. The molecule has 0 atom stereocenters. The maximum Gasteiger partial charge on any atom is 0.240 e. The van der Waals surface area contributed by atoms with E-state index in [1.807, 2.05) is 13.8 Å². The van der Waals surface area contributed by atoms with Crippen LogP contribution in [0.15, 0.2) is 41.8 Å². The predicted octanol–water partition coefficient (Wildman–Crippen LogP) is 2.77. The van der Waals surface area contributed by atoms with Crippen molar-refractivity contribution in [3.05, 3.63) is 42.5 Å². The molecular formula is C15H21NO3S. The van der Waals surface area contributed by atoms with E-state index < -0.39 is 10.0 Å². The van der Waals surface area contributed by atoms with Gasteiger partial charge in [0.05, 0.1) is 4.90 Å². The van der Waals surface area contributed by atoms with Crippen LogP contribution in [0.25, 0.3) is 0 Å². The third kappa shape index (κ3) is 4.02. The first-order chi connectivity index (χ1) is 9.46. The molecule has 0 saturated heterocycles. The molecule has 0 heterocycles. The van der Waals surface area contributed by atoms with Gasteiger partial charge in [-0.1, -0.05) is 32.1 Å². The van der Waals surface area contributed by atoms with Crippen LogP contribution in [-0.2, 0) is 10.0 Å². The van der Waals surface area contributed by atoms with Gasteiger partial charge in [0, 0.05) is 18.0 Å². The third-order valence-electron chi connectivity index (χ3n) is 3.22. The highest BCUT2D eigenvalue weighted by Crippen LogP contribution is 2.17. The molecule has 4 nitrogen and oxygen atoms in total. The van der Waals surface area contributed by atoms with Crippen molar-refractivity contribution in [2.75, 3.05) is 6.54 Å². The molecule has 110 valence electrons. The molecule has 1 aromatic carbocycles. The molecular weight excluding hydrogens is 274 g/mol. The first-order valence-corrected chi connectivity index (χ1v) is 8.19. The van der Waals surface area contributed by atoms with Crippen LogP contribution in [0.2, 0.25) is 0 Å². The molecule has 0 aliphatic heterocycles. The van der Waals surface area contributed by atoms with Crippen LogP contribution in [0, 0.1) is 5.92 Å². The van der Waals surface area contributed by atoms with Gasteiger partial charge in [0.2, 0.25) is 10.0 Å². The molecule has 0 aromatic heterocycles. The maximum absolute atomic E-state index is 12.2. The predicted molar refractivity (Wildman–Crippen MR) is 80.2 cm³/mol. The number of carbonyl (C=O) groups is 1. The number of carbonyl (C=O) groups excluding carboxylic acids is 1. The Hall–Kier alpha value is -1.46. The summed E-state index contributed by atoms with van der Waals surface area (Å²) >= 11 is 0. The minimum absolute atomic E-state index is 0.00338. The third-order valence-corrected chi connectivity index (χ3v) is 4.66. The smallest absolute Gasteiger partial charge is 0.240 e. The first-order valence-electron chi connectivity index (χ1n) is 6.71. The van der Waals surface area contributed by atoms with E-state index >= 15 is 0 Å². The summed E-state index contributed by atoms with van der Waals surface area (Å²) < 4.78 is 26.1. The standard InChI is InChI=1S/C15H21NO3S/c1-4-11-16-20(18,19)14-9-7-13(8-10-14)15(17)12(5-2)6-3/h4,7-10,12,16H,1,5-6,11H2,2-3H3. The number of sulfonamides is 1. The van der Waals surface area contributed by atoms with Crippen molar-refractivity contribution in [3.8, 4) is 0 Å². The quantitative estimate of drug-likeness (QED) is 0.592.